The summed E-state index contributed by atoms with van der Waals surface area (Å²) in [4.78, 5) is 0. The molecule has 0 aliphatic rings. The van der Waals surface area contributed by atoms with Gasteiger partial charge in [-0.25, -0.2) is 0 Å². The van der Waals surface area contributed by atoms with E-state index < -0.39 is 15.4 Å². The van der Waals surface area contributed by atoms with Crippen molar-refractivity contribution < 1.29 is 11.3 Å². The first-order valence-corrected chi connectivity index (χ1v) is 7.35. The van der Waals surface area contributed by atoms with Crippen LogP contribution in [-0.2, 0) is 11.3 Å². The first-order chi connectivity index (χ1) is 5.91. The van der Waals surface area contributed by atoms with Crippen LogP contribution in [0.1, 0.15) is 41.5 Å². The molecule has 0 N–H and O–H groups in total. The summed E-state index contributed by atoms with van der Waals surface area (Å²) in [6, 6.07) is 0. The van der Waals surface area contributed by atoms with Crippen LogP contribution in [0.25, 0.3) is 0 Å². The summed E-state index contributed by atoms with van der Waals surface area (Å²) in [5.41, 5.74) is 0. The predicted octanol–water partition coefficient (Wildman–Crippen LogP) is 2.25. The molecule has 79 valence electrons. The average molecular weight is 250 g/mol. The van der Waals surface area contributed by atoms with Crippen molar-refractivity contribution in [1.82, 2.24) is 0 Å². The summed E-state index contributed by atoms with van der Waals surface area (Å²) >= 11 is -2.18. The third-order valence-electron chi connectivity index (χ3n) is 0.996. The van der Waals surface area contributed by atoms with E-state index in [1.807, 2.05) is 41.5 Å². The quantitative estimate of drug-likeness (QED) is 0.676. The van der Waals surface area contributed by atoms with Gasteiger partial charge in [0.15, 0.2) is 0 Å². The molecule has 0 aromatic rings. The first-order valence-electron chi connectivity index (χ1n) is 4.78. The minimum atomic E-state index is -2.18. The molecule has 0 aromatic heterocycles. The van der Waals surface area contributed by atoms with Gasteiger partial charge < -0.3 is 0 Å². The van der Waals surface area contributed by atoms with Crippen molar-refractivity contribution in [1.29, 1.82) is 0 Å². The van der Waals surface area contributed by atoms with Gasteiger partial charge in [-0.2, -0.15) is 0 Å². The van der Waals surface area contributed by atoms with E-state index in [1.165, 1.54) is 0 Å². The molecule has 4 heteroatoms. The van der Waals surface area contributed by atoms with Crippen molar-refractivity contribution in [2.75, 3.05) is 0 Å². The fourth-order valence-electron chi connectivity index (χ4n) is 0.661. The van der Waals surface area contributed by atoms with Gasteiger partial charge in [0.1, 0.15) is 0 Å². The molecule has 0 saturated heterocycles. The van der Waals surface area contributed by atoms with Gasteiger partial charge in [0.05, 0.1) is 0 Å². The molecule has 0 saturated carbocycles. The third kappa shape index (κ3) is 8.74. The maximum atomic E-state index is 5.59. The van der Waals surface area contributed by atoms with E-state index in [0.717, 1.165) is 0 Å². The summed E-state index contributed by atoms with van der Waals surface area (Å²) in [6.07, 6.45) is 0.562. The van der Waals surface area contributed by atoms with Gasteiger partial charge in [0.2, 0.25) is 0 Å². The molecule has 0 spiro atoms. The van der Waals surface area contributed by atoms with Crippen LogP contribution in [0.3, 0.4) is 0 Å². The predicted molar refractivity (Wildman–Crippen MR) is 54.4 cm³/mol. The Hall–Kier alpha value is 0.423. The van der Waals surface area contributed by atoms with E-state index in [2.05, 4.69) is 0 Å². The van der Waals surface area contributed by atoms with Crippen LogP contribution in [0, 0.1) is 0 Å². The van der Waals surface area contributed by atoms with Crippen LogP contribution in [-0.4, -0.2) is 33.7 Å². The van der Waals surface area contributed by atoms with E-state index >= 15 is 0 Å². The summed E-state index contributed by atoms with van der Waals surface area (Å²) < 4.78 is 16.8. The molecular weight excluding hydrogens is 229 g/mol. The molecule has 0 aromatic carbocycles. The zero-order valence-electron chi connectivity index (χ0n) is 9.46. The third-order valence-corrected chi connectivity index (χ3v) is 5.17. The van der Waals surface area contributed by atoms with Gasteiger partial charge in [-0.1, -0.05) is 0 Å². The van der Waals surface area contributed by atoms with Crippen LogP contribution in [0.2, 0.25) is 0 Å². The molecule has 0 heterocycles. The van der Waals surface area contributed by atoms with Crippen molar-refractivity contribution in [3.63, 3.8) is 0 Å². The molecule has 0 fully saturated rings. The zero-order valence-corrected chi connectivity index (χ0v) is 11.6. The molecular formula is C9H21GeO3. The summed E-state index contributed by atoms with van der Waals surface area (Å²) in [5, 5.41) is 0. The van der Waals surface area contributed by atoms with Gasteiger partial charge in [-0.3, -0.25) is 0 Å². The normalized spacial score (nSPS) is 12.5. The second kappa shape index (κ2) is 6.81. The Bertz CT molecular complexity index is 102. The van der Waals surface area contributed by atoms with Crippen molar-refractivity contribution in [3.8, 4) is 0 Å². The number of rotatable bonds is 6. The van der Waals surface area contributed by atoms with E-state index in [-0.39, 0.29) is 18.3 Å². The minimum absolute atomic E-state index is 0.187. The fourth-order valence-corrected chi connectivity index (χ4v) is 3.43. The number of hydrogen-bond acceptors (Lipinski definition) is 3. The van der Waals surface area contributed by atoms with E-state index in [0.29, 0.717) is 0 Å². The molecule has 0 aliphatic heterocycles. The molecule has 3 nitrogen and oxygen atoms in total. The Morgan fingerprint density at radius 2 is 0.846 bits per heavy atom. The molecule has 0 unspecified atom stereocenters. The topological polar surface area (TPSA) is 27.7 Å². The fraction of sp³-hybridized carbons (Fsp3) is 1.00. The molecule has 0 atom stereocenters. The second-order valence-electron chi connectivity index (χ2n) is 3.75. The van der Waals surface area contributed by atoms with E-state index in [4.69, 9.17) is 11.3 Å². The standard InChI is InChI=1S/C9H21GeO3/c1-7(2)11-10(12-8(3)4)13-9(5)6/h7-9H,1-6H3. The maximum absolute atomic E-state index is 5.59. The molecule has 1 radical (unpaired) electrons. The second-order valence-corrected chi connectivity index (χ2v) is 6.28. The van der Waals surface area contributed by atoms with Crippen LogP contribution < -0.4 is 0 Å². The van der Waals surface area contributed by atoms with Crippen molar-refractivity contribution in [2.24, 2.45) is 0 Å². The van der Waals surface area contributed by atoms with Crippen LogP contribution in [0.4, 0.5) is 0 Å². The van der Waals surface area contributed by atoms with E-state index in [1.54, 1.807) is 0 Å². The Labute approximate surface area is 86.9 Å². The van der Waals surface area contributed by atoms with Gasteiger partial charge in [-0.05, 0) is 0 Å². The van der Waals surface area contributed by atoms with Gasteiger partial charge in [0, 0.05) is 0 Å². The van der Waals surface area contributed by atoms with E-state index in [9.17, 15) is 0 Å². The van der Waals surface area contributed by atoms with Crippen molar-refractivity contribution in [3.05, 3.63) is 0 Å². The summed E-state index contributed by atoms with van der Waals surface area (Å²) in [7, 11) is 0. The molecule has 0 amide bonds. The Kier molecular flexibility index (Phi) is 7.04. The first kappa shape index (κ1) is 13.4. The summed E-state index contributed by atoms with van der Waals surface area (Å²) in [5.74, 6) is 0. The van der Waals surface area contributed by atoms with Gasteiger partial charge >= 0.3 is 86.5 Å². The van der Waals surface area contributed by atoms with Crippen LogP contribution in [0.5, 0.6) is 0 Å². The molecule has 13 heavy (non-hydrogen) atoms. The average Bonchev–Trinajstić information content (AvgIpc) is 1.80. The van der Waals surface area contributed by atoms with Crippen LogP contribution >= 0.6 is 0 Å². The zero-order chi connectivity index (χ0) is 10.4. The van der Waals surface area contributed by atoms with Crippen molar-refractivity contribution in [2.45, 2.75) is 59.9 Å². The monoisotopic (exact) mass is 251 g/mol. The van der Waals surface area contributed by atoms with Crippen LogP contribution in [0.15, 0.2) is 0 Å². The molecule has 0 rings (SSSR count). The van der Waals surface area contributed by atoms with Gasteiger partial charge in [-0.15, -0.1) is 0 Å². The van der Waals surface area contributed by atoms with Crippen molar-refractivity contribution >= 4 is 15.4 Å². The SMILES string of the molecule is CC(C)[O][Ge]([O]C(C)C)[O]C(C)C. The Balaban J connectivity index is 3.87. The Morgan fingerprint density at radius 3 is 1.00 bits per heavy atom. The Morgan fingerprint density at radius 1 is 0.615 bits per heavy atom. The summed E-state index contributed by atoms with van der Waals surface area (Å²) in [6.45, 7) is 12.0. The number of hydrogen-bond donors (Lipinski definition) is 0. The molecule has 0 aliphatic carbocycles. The van der Waals surface area contributed by atoms with Gasteiger partial charge in [0.25, 0.3) is 0 Å². The molecule has 0 bridgehead atoms.